The number of para-hydroxylation sites is 1. The van der Waals surface area contributed by atoms with Crippen LogP contribution in [0.15, 0.2) is 66.7 Å². The van der Waals surface area contributed by atoms with Gasteiger partial charge in [0.05, 0.1) is 6.04 Å². The largest absolute Gasteiger partial charge is 0.377 e. The summed E-state index contributed by atoms with van der Waals surface area (Å²) in [6.45, 7) is 0. The van der Waals surface area contributed by atoms with Gasteiger partial charge in [-0.1, -0.05) is 55.3 Å². The van der Waals surface area contributed by atoms with E-state index in [2.05, 4.69) is 10.0 Å². The number of unbranched alkanes of at least 4 members (excludes halogenated alkanes) is 2. The second-order valence-corrected chi connectivity index (χ2v) is 9.93. The van der Waals surface area contributed by atoms with E-state index in [0.717, 1.165) is 11.1 Å². The maximum atomic E-state index is 13.3. The number of hydrogen-bond acceptors (Lipinski definition) is 6. The van der Waals surface area contributed by atoms with E-state index in [1.165, 1.54) is 0 Å². The number of hydroxylamine groups is 1. The minimum atomic E-state index is -2.17. The Morgan fingerprint density at radius 1 is 0.892 bits per heavy atom. The molecule has 4 N–H and O–H groups in total. The summed E-state index contributed by atoms with van der Waals surface area (Å²) in [5.74, 6) is -0.885. The van der Waals surface area contributed by atoms with Crippen molar-refractivity contribution >= 4 is 50.1 Å². The van der Waals surface area contributed by atoms with Gasteiger partial charge >= 0.3 is 0 Å². The van der Waals surface area contributed by atoms with Crippen molar-refractivity contribution in [3.8, 4) is 0 Å². The number of anilines is 2. The zero-order valence-electron chi connectivity index (χ0n) is 20.9. The van der Waals surface area contributed by atoms with Gasteiger partial charge in [0.25, 0.3) is 5.12 Å². The number of carbonyl (C=O) groups is 3. The van der Waals surface area contributed by atoms with Crippen molar-refractivity contribution in [1.82, 2.24) is 10.2 Å². The third kappa shape index (κ3) is 7.69. The highest BCUT2D eigenvalue weighted by atomic mass is 32.2. The summed E-state index contributed by atoms with van der Waals surface area (Å²) in [6, 6.07) is 18.9. The summed E-state index contributed by atoms with van der Waals surface area (Å²) in [7, 11) is 1.65. The molecular formula is C27H32N4O5S. The van der Waals surface area contributed by atoms with Crippen LogP contribution >= 0.6 is 0 Å². The van der Waals surface area contributed by atoms with Crippen LogP contribution in [0, 0.1) is 0 Å². The second kappa shape index (κ2) is 13.6. The van der Waals surface area contributed by atoms with Gasteiger partial charge in [0, 0.05) is 42.8 Å². The molecule has 0 aliphatic heterocycles. The molecule has 3 aromatic carbocycles. The molecule has 0 radical (unpaired) electrons. The highest BCUT2D eigenvalue weighted by Gasteiger charge is 2.25. The number of hydrogen-bond donors (Lipinski definition) is 4. The van der Waals surface area contributed by atoms with Crippen LogP contribution in [0.25, 0.3) is 10.8 Å². The summed E-state index contributed by atoms with van der Waals surface area (Å²) in [5.41, 5.74) is 3.42. The zero-order chi connectivity index (χ0) is 26.8. The first-order valence-corrected chi connectivity index (χ1v) is 13.2. The number of carbonyl (C=O) groups excluding carboxylic acids is 3. The Bertz CT molecular complexity index is 1270. The van der Waals surface area contributed by atoms with Gasteiger partial charge in [-0.25, -0.2) is 14.4 Å². The Kier molecular flexibility index (Phi) is 10.3. The van der Waals surface area contributed by atoms with Crippen LogP contribution in [-0.2, 0) is 20.6 Å². The molecule has 0 aliphatic carbocycles. The lowest BCUT2D eigenvalue weighted by molar-refractivity contribution is -0.129. The number of nitrogens with zero attached hydrogens (tertiary/aromatic N) is 1. The minimum Gasteiger partial charge on any atom is -0.377 e. The molecule has 37 heavy (non-hydrogen) atoms. The summed E-state index contributed by atoms with van der Waals surface area (Å²) in [5, 5.41) is 12.3. The van der Waals surface area contributed by atoms with Gasteiger partial charge in [-0.05, 0) is 42.5 Å². The SMILES string of the molecule is CN(C)c1cccc2c(C(=O)S(=O)N[C@@H](CCCCCC(=O)NO)C(=O)Nc3ccccc3)cccc12. The molecule has 2 atom stereocenters. The third-order valence-electron chi connectivity index (χ3n) is 5.90. The number of benzene rings is 3. The van der Waals surface area contributed by atoms with E-state index < -0.39 is 34.0 Å². The van der Waals surface area contributed by atoms with Crippen molar-refractivity contribution in [3.63, 3.8) is 0 Å². The molecule has 3 aromatic rings. The van der Waals surface area contributed by atoms with Crippen LogP contribution in [0.3, 0.4) is 0 Å². The Labute approximate surface area is 218 Å². The van der Waals surface area contributed by atoms with E-state index >= 15 is 0 Å². The maximum absolute atomic E-state index is 13.3. The Morgan fingerprint density at radius 3 is 2.30 bits per heavy atom. The molecule has 2 amide bonds. The lowest BCUT2D eigenvalue weighted by atomic mass is 10.0. The van der Waals surface area contributed by atoms with Crippen molar-refractivity contribution in [2.75, 3.05) is 24.3 Å². The van der Waals surface area contributed by atoms with Gasteiger partial charge in [-0.3, -0.25) is 19.6 Å². The molecule has 196 valence electrons. The van der Waals surface area contributed by atoms with Crippen LogP contribution in [0.4, 0.5) is 11.4 Å². The van der Waals surface area contributed by atoms with Crippen LogP contribution in [0.5, 0.6) is 0 Å². The van der Waals surface area contributed by atoms with Crippen molar-refractivity contribution < 1.29 is 23.8 Å². The van der Waals surface area contributed by atoms with E-state index in [4.69, 9.17) is 5.21 Å². The van der Waals surface area contributed by atoms with Crippen molar-refractivity contribution in [2.24, 2.45) is 0 Å². The average Bonchev–Trinajstić information content (AvgIpc) is 2.91. The number of rotatable bonds is 12. The fraction of sp³-hybridized carbons (Fsp3) is 0.296. The van der Waals surface area contributed by atoms with Gasteiger partial charge in [0.2, 0.25) is 11.8 Å². The van der Waals surface area contributed by atoms with Gasteiger partial charge in [0.15, 0.2) is 11.0 Å². The number of amides is 2. The molecule has 0 aliphatic rings. The lowest BCUT2D eigenvalue weighted by Gasteiger charge is -2.19. The zero-order valence-corrected chi connectivity index (χ0v) is 21.7. The average molecular weight is 525 g/mol. The van der Waals surface area contributed by atoms with Crippen LogP contribution in [0.1, 0.15) is 42.5 Å². The standard InChI is InChI=1S/C27H32N4O5S/c1-31(2)24-17-10-13-20-21(24)14-9-15-22(20)27(34)37(36)30-23(16-7-4-8-18-25(32)29-35)26(33)28-19-11-5-3-6-12-19/h3,5-6,9-15,17,23,30,35H,4,7-8,16,18H2,1-2H3,(H,28,33)(H,29,32)/t23-,37?/m0/s1. The number of nitrogens with one attached hydrogen (secondary N) is 3. The molecular weight excluding hydrogens is 492 g/mol. The Morgan fingerprint density at radius 2 is 1.59 bits per heavy atom. The molecule has 10 heteroatoms. The van der Waals surface area contributed by atoms with Crippen molar-refractivity contribution in [1.29, 1.82) is 0 Å². The summed E-state index contributed by atoms with van der Waals surface area (Å²) in [6.07, 6.45) is 2.14. The van der Waals surface area contributed by atoms with Crippen LogP contribution in [0.2, 0.25) is 0 Å². The summed E-state index contributed by atoms with van der Waals surface area (Å²) in [4.78, 5) is 39.5. The quantitative estimate of drug-likeness (QED) is 0.162. The number of fused-ring (bicyclic) bond motifs is 1. The van der Waals surface area contributed by atoms with E-state index in [1.807, 2.05) is 49.3 Å². The topological polar surface area (TPSA) is 128 Å². The monoisotopic (exact) mass is 524 g/mol. The molecule has 3 rings (SSSR count). The fourth-order valence-corrected chi connectivity index (χ4v) is 4.97. The van der Waals surface area contributed by atoms with Gasteiger partial charge in [0.1, 0.15) is 0 Å². The van der Waals surface area contributed by atoms with Crippen molar-refractivity contribution in [3.05, 3.63) is 72.3 Å². The molecule has 9 nitrogen and oxygen atoms in total. The predicted molar refractivity (Wildman–Crippen MR) is 146 cm³/mol. The maximum Gasteiger partial charge on any atom is 0.264 e. The Hall–Kier alpha value is -3.60. The molecule has 0 bridgehead atoms. The van der Waals surface area contributed by atoms with E-state index in [-0.39, 0.29) is 6.42 Å². The first-order valence-electron chi connectivity index (χ1n) is 12.0. The molecule has 0 saturated heterocycles. The molecule has 0 saturated carbocycles. The highest BCUT2D eigenvalue weighted by Crippen LogP contribution is 2.28. The van der Waals surface area contributed by atoms with E-state index in [1.54, 1.807) is 41.9 Å². The molecule has 0 aromatic heterocycles. The molecule has 1 unspecified atom stereocenters. The fourth-order valence-electron chi connectivity index (χ4n) is 4.01. The second-order valence-electron chi connectivity index (χ2n) is 8.79. The minimum absolute atomic E-state index is 0.158. The van der Waals surface area contributed by atoms with Crippen LogP contribution < -0.4 is 20.4 Å². The Balaban J connectivity index is 1.76. The first-order chi connectivity index (χ1) is 17.8. The lowest BCUT2D eigenvalue weighted by Crippen LogP contribution is -2.43. The van der Waals surface area contributed by atoms with E-state index in [9.17, 15) is 18.6 Å². The summed E-state index contributed by atoms with van der Waals surface area (Å²) < 4.78 is 15.9. The van der Waals surface area contributed by atoms with Crippen molar-refractivity contribution in [2.45, 2.75) is 38.1 Å². The molecule has 0 spiro atoms. The first kappa shape index (κ1) is 28.0. The molecule has 0 heterocycles. The molecule has 0 fully saturated rings. The smallest absolute Gasteiger partial charge is 0.264 e. The normalized spacial score (nSPS) is 12.5. The van der Waals surface area contributed by atoms with Gasteiger partial charge in [-0.2, -0.15) is 0 Å². The predicted octanol–water partition coefficient (Wildman–Crippen LogP) is 3.76. The summed E-state index contributed by atoms with van der Waals surface area (Å²) >= 11 is 0. The van der Waals surface area contributed by atoms with Gasteiger partial charge in [-0.15, -0.1) is 0 Å². The van der Waals surface area contributed by atoms with Crippen LogP contribution in [-0.4, -0.2) is 46.5 Å². The van der Waals surface area contributed by atoms with Gasteiger partial charge < -0.3 is 10.2 Å². The van der Waals surface area contributed by atoms with E-state index in [0.29, 0.717) is 42.3 Å². The highest BCUT2D eigenvalue weighted by molar-refractivity contribution is 7.99. The third-order valence-corrected chi connectivity index (χ3v) is 6.95.